The van der Waals surface area contributed by atoms with Crippen molar-refractivity contribution in [1.82, 2.24) is 15.0 Å². The van der Waals surface area contributed by atoms with Gasteiger partial charge in [0.1, 0.15) is 10.7 Å². The van der Waals surface area contributed by atoms with Gasteiger partial charge in [-0.3, -0.25) is 15.2 Å². The highest BCUT2D eigenvalue weighted by atomic mass is 16.1. The molecule has 0 aliphatic carbocycles. The lowest BCUT2D eigenvalue weighted by molar-refractivity contribution is 0.612. The molecule has 2 rings (SSSR count). The van der Waals surface area contributed by atoms with Crippen LogP contribution in [-0.2, 0) is 0 Å². The maximum Gasteiger partial charge on any atom is 0.262 e. The van der Waals surface area contributed by atoms with Gasteiger partial charge in [-0.25, -0.2) is 4.98 Å². The summed E-state index contributed by atoms with van der Waals surface area (Å²) < 4.78 is 0. The van der Waals surface area contributed by atoms with Crippen LogP contribution in [-0.4, -0.2) is 22.0 Å². The fourth-order valence-corrected chi connectivity index (χ4v) is 1.13. The van der Waals surface area contributed by atoms with Gasteiger partial charge in [-0.1, -0.05) is 6.58 Å². The van der Waals surface area contributed by atoms with E-state index in [1.54, 1.807) is 18.3 Å². The first-order valence-corrected chi connectivity index (χ1v) is 3.47. The van der Waals surface area contributed by atoms with Gasteiger partial charge in [0, 0.05) is 13.2 Å². The molecular formula is C7H8N4O. The van der Waals surface area contributed by atoms with Gasteiger partial charge in [-0.2, -0.15) is 0 Å². The quantitative estimate of drug-likeness (QED) is 0.474. The molecule has 1 aromatic heterocycles. The van der Waals surface area contributed by atoms with Crippen LogP contribution in [0, 0.1) is 0 Å². The molecule has 0 fully saturated rings. The topological polar surface area (TPSA) is 61.0 Å². The van der Waals surface area contributed by atoms with Crippen molar-refractivity contribution in [2.45, 2.75) is 0 Å². The molecular weight excluding hydrogens is 156 g/mol. The van der Waals surface area contributed by atoms with Crippen LogP contribution in [0.5, 0.6) is 0 Å². The number of hydrogen-bond donors (Lipinski definition) is 2. The number of hydrazine groups is 1. The number of nitrogens with one attached hydrogen (secondary N) is 2. The van der Waals surface area contributed by atoms with Crippen LogP contribution in [0.3, 0.4) is 0 Å². The van der Waals surface area contributed by atoms with Gasteiger partial charge in [0.25, 0.3) is 5.56 Å². The Bertz CT molecular complexity index is 475. The second-order valence-corrected chi connectivity index (χ2v) is 2.63. The van der Waals surface area contributed by atoms with E-state index in [1.807, 2.05) is 0 Å². The molecule has 62 valence electrons. The van der Waals surface area contributed by atoms with Gasteiger partial charge in [-0.15, -0.1) is 0 Å². The van der Waals surface area contributed by atoms with Gasteiger partial charge in [0.15, 0.2) is 5.82 Å². The van der Waals surface area contributed by atoms with Crippen molar-refractivity contribution in [2.75, 3.05) is 12.5 Å². The average Bonchev–Trinajstić information content (AvgIpc) is 2.29. The normalized spacial score (nSPS) is 13.6. The van der Waals surface area contributed by atoms with Crippen LogP contribution < -0.4 is 21.7 Å². The molecule has 1 aromatic rings. The third kappa shape index (κ3) is 0.868. The molecule has 5 nitrogen and oxygen atoms in total. The SMILES string of the molecule is C=c1nc2c(c(=O)[nH]1)=CN(C)N2. The molecule has 0 amide bonds. The van der Waals surface area contributed by atoms with E-state index in [2.05, 4.69) is 22.0 Å². The number of H-pyrrole nitrogens is 1. The van der Waals surface area contributed by atoms with Crippen LogP contribution >= 0.6 is 0 Å². The minimum atomic E-state index is -0.165. The fraction of sp³-hybridized carbons (Fsp3) is 0.143. The largest absolute Gasteiger partial charge is 0.307 e. The van der Waals surface area contributed by atoms with E-state index in [9.17, 15) is 4.79 Å². The highest BCUT2D eigenvalue weighted by molar-refractivity contribution is 5.47. The van der Waals surface area contributed by atoms with E-state index in [0.29, 0.717) is 16.5 Å². The number of rotatable bonds is 0. The molecule has 0 aromatic carbocycles. The molecule has 0 saturated heterocycles. The molecule has 2 N–H and O–H groups in total. The highest BCUT2D eigenvalue weighted by Gasteiger charge is 2.09. The van der Waals surface area contributed by atoms with Crippen molar-refractivity contribution in [2.24, 2.45) is 0 Å². The van der Waals surface area contributed by atoms with Crippen LogP contribution in [0.4, 0.5) is 5.82 Å². The molecule has 5 heteroatoms. The second-order valence-electron chi connectivity index (χ2n) is 2.63. The lowest BCUT2D eigenvalue weighted by atomic mass is 10.5. The summed E-state index contributed by atoms with van der Waals surface area (Å²) in [6.07, 6.45) is 1.68. The predicted octanol–water partition coefficient (Wildman–Crippen LogP) is -1.81. The van der Waals surface area contributed by atoms with Crippen molar-refractivity contribution in [3.63, 3.8) is 0 Å². The Balaban J connectivity index is 2.86. The van der Waals surface area contributed by atoms with E-state index in [0.717, 1.165) is 0 Å². The molecule has 0 atom stereocenters. The molecule has 12 heavy (non-hydrogen) atoms. The van der Waals surface area contributed by atoms with Gasteiger partial charge in [0.2, 0.25) is 0 Å². The first kappa shape index (κ1) is 6.90. The standard InChI is InChI=1S/C7H8N4O/c1-4-8-6-5(7(12)9-4)3-11(2)10-6/h3H,1H2,2H3,(H,8,10)(H,9,12). The number of anilines is 1. The van der Waals surface area contributed by atoms with Gasteiger partial charge in [-0.05, 0) is 0 Å². The maximum absolute atomic E-state index is 11.2. The van der Waals surface area contributed by atoms with Crippen LogP contribution in [0.25, 0.3) is 12.8 Å². The van der Waals surface area contributed by atoms with E-state index in [1.165, 1.54) is 0 Å². The van der Waals surface area contributed by atoms with Gasteiger partial charge < -0.3 is 4.98 Å². The first-order chi connectivity index (χ1) is 5.66. The Kier molecular flexibility index (Phi) is 1.21. The number of hydrogen-bond acceptors (Lipinski definition) is 4. The summed E-state index contributed by atoms with van der Waals surface area (Å²) in [5.74, 6) is 0.561. The van der Waals surface area contributed by atoms with E-state index in [4.69, 9.17) is 0 Å². The summed E-state index contributed by atoms with van der Waals surface area (Å²) in [4.78, 5) is 17.8. The molecule has 1 aliphatic rings. The summed E-state index contributed by atoms with van der Waals surface area (Å²) in [6.45, 7) is 3.54. The van der Waals surface area contributed by atoms with Crippen molar-refractivity contribution in [1.29, 1.82) is 0 Å². The lowest BCUT2D eigenvalue weighted by Crippen LogP contribution is -2.35. The van der Waals surface area contributed by atoms with E-state index >= 15 is 0 Å². The first-order valence-electron chi connectivity index (χ1n) is 3.47. The minimum absolute atomic E-state index is 0.165. The monoisotopic (exact) mass is 164 g/mol. The predicted molar refractivity (Wildman–Crippen MR) is 45.5 cm³/mol. The average molecular weight is 164 g/mol. The summed E-state index contributed by atoms with van der Waals surface area (Å²) >= 11 is 0. The third-order valence-corrected chi connectivity index (χ3v) is 1.61. The summed E-state index contributed by atoms with van der Waals surface area (Å²) in [5, 5.41) is 2.22. The van der Waals surface area contributed by atoms with Crippen molar-refractivity contribution in [3.05, 3.63) is 21.1 Å². The van der Waals surface area contributed by atoms with Crippen LogP contribution in [0.15, 0.2) is 4.79 Å². The minimum Gasteiger partial charge on any atom is -0.307 e. The van der Waals surface area contributed by atoms with Crippen molar-refractivity contribution < 1.29 is 0 Å². The van der Waals surface area contributed by atoms with E-state index in [-0.39, 0.29) is 5.56 Å². The number of aromatic amines is 1. The van der Waals surface area contributed by atoms with Gasteiger partial charge in [0.05, 0.1) is 0 Å². The maximum atomic E-state index is 11.2. The molecule has 0 saturated carbocycles. The lowest BCUT2D eigenvalue weighted by Gasteiger charge is -2.07. The number of aromatic nitrogens is 2. The Morgan fingerprint density at radius 2 is 2.42 bits per heavy atom. The Hall–Kier alpha value is -1.78. The smallest absolute Gasteiger partial charge is 0.262 e. The molecule has 0 radical (unpaired) electrons. The Morgan fingerprint density at radius 3 is 3.17 bits per heavy atom. The molecule has 0 unspecified atom stereocenters. The zero-order valence-corrected chi connectivity index (χ0v) is 6.59. The number of fused-ring (bicyclic) bond motifs is 1. The fourth-order valence-electron chi connectivity index (χ4n) is 1.13. The summed E-state index contributed by atoms with van der Waals surface area (Å²) in [5.41, 5.74) is 3.09. The zero-order chi connectivity index (χ0) is 8.72. The van der Waals surface area contributed by atoms with E-state index < -0.39 is 0 Å². The summed E-state index contributed by atoms with van der Waals surface area (Å²) in [7, 11) is 1.80. The summed E-state index contributed by atoms with van der Waals surface area (Å²) in [6, 6.07) is 0. The zero-order valence-electron chi connectivity index (χ0n) is 6.59. The molecule has 0 bridgehead atoms. The molecule has 1 aliphatic heterocycles. The van der Waals surface area contributed by atoms with Crippen molar-refractivity contribution >= 4 is 18.6 Å². The highest BCUT2D eigenvalue weighted by Crippen LogP contribution is 1.96. The molecule has 2 heterocycles. The van der Waals surface area contributed by atoms with Crippen LogP contribution in [0.2, 0.25) is 0 Å². The Labute approximate surface area is 68.0 Å². The van der Waals surface area contributed by atoms with Crippen LogP contribution in [0.1, 0.15) is 0 Å². The second kappa shape index (κ2) is 2.10. The number of nitrogens with zero attached hydrogens (tertiary/aromatic N) is 2. The Morgan fingerprint density at radius 1 is 1.67 bits per heavy atom. The van der Waals surface area contributed by atoms with Gasteiger partial charge >= 0.3 is 0 Å². The van der Waals surface area contributed by atoms with Crippen molar-refractivity contribution in [3.8, 4) is 0 Å². The third-order valence-electron chi connectivity index (χ3n) is 1.61. The molecule has 0 spiro atoms.